The fraction of sp³-hybridized carbons (Fsp3) is 0.480. The highest BCUT2D eigenvalue weighted by molar-refractivity contribution is 6.39. The molecule has 1 saturated heterocycles. The number of piperidine rings is 1. The smallest absolute Gasteiger partial charge is 0.413 e. The number of rotatable bonds is 5. The maximum absolute atomic E-state index is 13.1. The third kappa shape index (κ3) is 8.24. The summed E-state index contributed by atoms with van der Waals surface area (Å²) in [6.07, 6.45) is 5.51. The molecule has 1 fully saturated rings. The molecule has 2 rings (SSSR count). The summed E-state index contributed by atoms with van der Waals surface area (Å²) in [6.45, 7) is 15.3. The van der Waals surface area contributed by atoms with Crippen molar-refractivity contribution in [1.82, 2.24) is 9.88 Å². The summed E-state index contributed by atoms with van der Waals surface area (Å²) in [7, 11) is 0. The highest BCUT2D eigenvalue weighted by atomic mass is 16.6. The van der Waals surface area contributed by atoms with E-state index in [4.69, 9.17) is 10.5 Å². The maximum Gasteiger partial charge on any atom is 0.413 e. The third-order valence-electron chi connectivity index (χ3n) is 5.33. The molecule has 35 heavy (non-hydrogen) atoms. The number of ether oxygens (including phenoxy) is 1. The summed E-state index contributed by atoms with van der Waals surface area (Å²) in [5, 5.41) is 5.18. The number of amides is 3. The van der Waals surface area contributed by atoms with Crippen LogP contribution < -0.4 is 16.4 Å². The first-order valence-electron chi connectivity index (χ1n) is 11.5. The molecule has 1 aliphatic heterocycles. The fourth-order valence-corrected chi connectivity index (χ4v) is 3.57. The van der Waals surface area contributed by atoms with Crippen molar-refractivity contribution in [3.63, 3.8) is 0 Å². The van der Waals surface area contributed by atoms with E-state index in [1.807, 2.05) is 6.92 Å². The number of nitrogens with zero attached hydrogens (tertiary/aromatic N) is 3. The Kier molecular flexibility index (Phi) is 9.16. The summed E-state index contributed by atoms with van der Waals surface area (Å²) in [5.74, 6) is -0.557. The number of nitrogens with two attached hydrogens (primary N) is 1. The number of aryl methyl sites for hydroxylation is 1. The summed E-state index contributed by atoms with van der Waals surface area (Å²) >= 11 is 0. The Morgan fingerprint density at radius 1 is 1.29 bits per heavy atom. The Morgan fingerprint density at radius 2 is 1.97 bits per heavy atom. The molecule has 1 aromatic rings. The molecule has 190 valence electrons. The zero-order valence-electron chi connectivity index (χ0n) is 21.3. The van der Waals surface area contributed by atoms with E-state index in [0.717, 1.165) is 6.42 Å². The Labute approximate surface area is 206 Å². The highest BCUT2D eigenvalue weighted by Crippen LogP contribution is 2.26. The van der Waals surface area contributed by atoms with Crippen molar-refractivity contribution in [2.45, 2.75) is 66.0 Å². The van der Waals surface area contributed by atoms with E-state index in [2.05, 4.69) is 27.2 Å². The van der Waals surface area contributed by atoms with Crippen LogP contribution >= 0.6 is 0 Å². The van der Waals surface area contributed by atoms with Crippen molar-refractivity contribution in [1.29, 1.82) is 0 Å². The zero-order chi connectivity index (χ0) is 26.3. The number of hydrogen-bond donors (Lipinski definition) is 3. The first-order valence-corrected chi connectivity index (χ1v) is 11.5. The van der Waals surface area contributed by atoms with E-state index >= 15 is 0 Å². The van der Waals surface area contributed by atoms with Gasteiger partial charge in [-0.2, -0.15) is 0 Å². The number of allylic oxidation sites excluding steroid dienone is 1. The Morgan fingerprint density at radius 3 is 2.57 bits per heavy atom. The highest BCUT2D eigenvalue weighted by Gasteiger charge is 2.34. The van der Waals surface area contributed by atoms with E-state index < -0.39 is 23.5 Å². The van der Waals surface area contributed by atoms with Crippen molar-refractivity contribution < 1.29 is 19.1 Å². The molecule has 0 unspecified atom stereocenters. The minimum atomic E-state index is -0.782. The van der Waals surface area contributed by atoms with Crippen LogP contribution in [0.2, 0.25) is 0 Å². The first kappa shape index (κ1) is 27.6. The summed E-state index contributed by atoms with van der Waals surface area (Å²) in [4.78, 5) is 47.7. The number of hydrogen-bond acceptors (Lipinski definition) is 7. The van der Waals surface area contributed by atoms with Gasteiger partial charge in [-0.3, -0.25) is 14.9 Å². The SMILES string of the molecule is C=C(/C=N\C(N)=C/C)[C@@H]1CC[C@@H](C)CN1C(=O)C(=O)Nc1cnc(NC(=O)OC(C)(C)C)c(C)c1. The van der Waals surface area contributed by atoms with Crippen molar-refractivity contribution >= 4 is 35.6 Å². The van der Waals surface area contributed by atoms with Crippen LogP contribution in [0.15, 0.2) is 41.3 Å². The monoisotopic (exact) mass is 484 g/mol. The lowest BCUT2D eigenvalue weighted by atomic mass is 9.90. The second-order valence-corrected chi connectivity index (χ2v) is 9.67. The standard InChI is InChI=1S/C25H36N6O4/c1-8-20(26)27-12-17(4)19-10-9-15(2)14-31(19)23(33)22(32)29-18-11-16(3)21(28-13-18)30-24(34)35-25(5,6)7/h8,11-13,15,19H,4,9-10,14,26H2,1-3,5-7H3,(H,29,32)(H,28,30,34)/b20-8-,27-12-/t15-,19+/m1/s1. The van der Waals surface area contributed by atoms with Crippen LogP contribution in [0, 0.1) is 12.8 Å². The molecule has 0 spiro atoms. The van der Waals surface area contributed by atoms with Gasteiger partial charge in [0.15, 0.2) is 0 Å². The van der Waals surface area contributed by atoms with E-state index in [0.29, 0.717) is 41.4 Å². The molecule has 0 aliphatic carbocycles. The van der Waals surface area contributed by atoms with Gasteiger partial charge in [0.25, 0.3) is 0 Å². The van der Waals surface area contributed by atoms with Crippen LogP contribution in [0.1, 0.15) is 53.0 Å². The van der Waals surface area contributed by atoms with Gasteiger partial charge in [-0.25, -0.2) is 14.8 Å². The molecular formula is C25H36N6O4. The minimum Gasteiger partial charge on any atom is -0.444 e. The maximum atomic E-state index is 13.1. The molecule has 4 N–H and O–H groups in total. The lowest BCUT2D eigenvalue weighted by Gasteiger charge is -2.38. The Balaban J connectivity index is 2.11. The van der Waals surface area contributed by atoms with Crippen molar-refractivity contribution in [2.24, 2.45) is 16.6 Å². The molecular weight excluding hydrogens is 448 g/mol. The van der Waals surface area contributed by atoms with Crippen molar-refractivity contribution in [3.05, 3.63) is 41.9 Å². The number of anilines is 2. The number of nitrogens with one attached hydrogen (secondary N) is 2. The van der Waals surface area contributed by atoms with Crippen LogP contribution in [-0.4, -0.2) is 52.2 Å². The van der Waals surface area contributed by atoms with Crippen LogP contribution in [0.25, 0.3) is 0 Å². The Hall–Kier alpha value is -3.69. The molecule has 0 radical (unpaired) electrons. The third-order valence-corrected chi connectivity index (χ3v) is 5.33. The molecule has 0 saturated carbocycles. The van der Waals surface area contributed by atoms with Gasteiger partial charge in [0.05, 0.1) is 17.9 Å². The molecule has 1 aliphatic rings. The predicted molar refractivity (Wildman–Crippen MR) is 137 cm³/mol. The number of aliphatic imine (C=N–C) groups is 1. The van der Waals surface area contributed by atoms with E-state index in [1.54, 1.807) is 46.8 Å². The minimum absolute atomic E-state index is 0.246. The molecule has 2 atom stereocenters. The van der Waals surface area contributed by atoms with E-state index in [9.17, 15) is 14.4 Å². The predicted octanol–water partition coefficient (Wildman–Crippen LogP) is 3.75. The van der Waals surface area contributed by atoms with Gasteiger partial charge in [-0.05, 0) is 76.7 Å². The van der Waals surface area contributed by atoms with Crippen LogP contribution in [0.4, 0.5) is 16.3 Å². The second-order valence-electron chi connectivity index (χ2n) is 9.67. The number of aromatic nitrogens is 1. The van der Waals surface area contributed by atoms with Gasteiger partial charge in [-0.15, -0.1) is 0 Å². The molecule has 1 aromatic heterocycles. The quantitative estimate of drug-likeness (QED) is 0.430. The zero-order valence-corrected chi connectivity index (χ0v) is 21.3. The summed E-state index contributed by atoms with van der Waals surface area (Å²) in [5.41, 5.74) is 6.61. The number of carbonyl (C=O) groups is 3. The Bertz CT molecular complexity index is 1040. The van der Waals surface area contributed by atoms with E-state index in [-0.39, 0.29) is 12.0 Å². The normalized spacial score (nSPS) is 18.8. The van der Waals surface area contributed by atoms with Gasteiger partial charge < -0.3 is 20.7 Å². The number of carbonyl (C=O) groups excluding carboxylic acids is 3. The first-order chi connectivity index (χ1) is 16.3. The largest absolute Gasteiger partial charge is 0.444 e. The second kappa shape index (κ2) is 11.6. The van der Waals surface area contributed by atoms with Gasteiger partial charge in [0.2, 0.25) is 0 Å². The van der Waals surface area contributed by atoms with Gasteiger partial charge >= 0.3 is 17.9 Å². The van der Waals surface area contributed by atoms with Crippen LogP contribution in [0.3, 0.4) is 0 Å². The van der Waals surface area contributed by atoms with Crippen LogP contribution in [-0.2, 0) is 14.3 Å². The lowest BCUT2D eigenvalue weighted by Crippen LogP contribution is -2.51. The van der Waals surface area contributed by atoms with Gasteiger partial charge in [0.1, 0.15) is 17.2 Å². The van der Waals surface area contributed by atoms with Crippen molar-refractivity contribution in [2.75, 3.05) is 17.2 Å². The van der Waals surface area contributed by atoms with Gasteiger partial charge in [0, 0.05) is 12.8 Å². The number of likely N-dealkylation sites (tertiary alicyclic amines) is 1. The number of pyridine rings is 1. The molecule has 2 heterocycles. The average Bonchev–Trinajstić information content (AvgIpc) is 2.77. The molecule has 0 aromatic carbocycles. The topological polar surface area (TPSA) is 139 Å². The molecule has 10 heteroatoms. The van der Waals surface area contributed by atoms with Crippen molar-refractivity contribution in [3.8, 4) is 0 Å². The summed E-state index contributed by atoms with van der Waals surface area (Å²) in [6, 6.07) is 1.27. The lowest BCUT2D eigenvalue weighted by molar-refractivity contribution is -0.145. The average molecular weight is 485 g/mol. The summed E-state index contributed by atoms with van der Waals surface area (Å²) < 4.78 is 5.23. The molecule has 0 bridgehead atoms. The van der Waals surface area contributed by atoms with Crippen LogP contribution in [0.5, 0.6) is 0 Å². The van der Waals surface area contributed by atoms with Gasteiger partial charge in [-0.1, -0.05) is 13.5 Å². The molecule has 10 nitrogen and oxygen atoms in total. The molecule has 3 amide bonds. The fourth-order valence-electron chi connectivity index (χ4n) is 3.57. The van der Waals surface area contributed by atoms with E-state index in [1.165, 1.54) is 17.3 Å².